The van der Waals surface area contributed by atoms with E-state index in [1.807, 2.05) is 0 Å². The van der Waals surface area contributed by atoms with E-state index in [1.165, 1.54) is 31.3 Å². The highest BCUT2D eigenvalue weighted by atomic mass is 35.5. The molecule has 2 amide bonds. The highest BCUT2D eigenvalue weighted by Gasteiger charge is 2.37. The number of carbonyl (C=O) groups is 2. The number of benzene rings is 2. The van der Waals surface area contributed by atoms with Crippen LogP contribution in [0.1, 0.15) is 25.5 Å². The molecule has 7 nitrogen and oxygen atoms in total. The predicted molar refractivity (Wildman–Crippen MR) is 114 cm³/mol. The van der Waals surface area contributed by atoms with Crippen LogP contribution in [0.25, 0.3) is 0 Å². The minimum absolute atomic E-state index is 0.141. The molecule has 0 aromatic heterocycles. The Balaban J connectivity index is 2.15. The second-order valence-electron chi connectivity index (χ2n) is 6.65. The Kier molecular flexibility index (Phi) is 6.70. The quantitative estimate of drug-likeness (QED) is 0.653. The maximum absolute atomic E-state index is 13.6. The van der Waals surface area contributed by atoms with Crippen LogP contribution in [0.15, 0.2) is 47.7 Å². The second kappa shape index (κ2) is 9.26. The summed E-state index contributed by atoms with van der Waals surface area (Å²) in [6, 6.07) is 7.67. The molecule has 1 aliphatic heterocycles. The average molecular weight is 449 g/mol. The molecule has 2 aromatic carbocycles. The van der Waals surface area contributed by atoms with Crippen molar-refractivity contribution >= 4 is 29.3 Å². The van der Waals surface area contributed by atoms with Gasteiger partial charge >= 0.3 is 12.0 Å². The topological polar surface area (TPSA) is 77.1 Å². The van der Waals surface area contributed by atoms with Gasteiger partial charge in [-0.05, 0) is 49.7 Å². The molecule has 0 saturated heterocycles. The smallest absolute Gasteiger partial charge is 0.338 e. The third-order valence-electron chi connectivity index (χ3n) is 4.88. The van der Waals surface area contributed by atoms with E-state index >= 15 is 0 Å². The van der Waals surface area contributed by atoms with Crippen molar-refractivity contribution in [1.82, 2.24) is 5.32 Å². The van der Waals surface area contributed by atoms with Crippen molar-refractivity contribution in [2.24, 2.45) is 0 Å². The van der Waals surface area contributed by atoms with E-state index in [2.05, 4.69) is 5.32 Å². The molecule has 0 aliphatic carbocycles. The van der Waals surface area contributed by atoms with Gasteiger partial charge in [-0.3, -0.25) is 4.90 Å². The number of rotatable bonds is 6. The van der Waals surface area contributed by atoms with Crippen LogP contribution in [0.5, 0.6) is 11.5 Å². The Labute approximate surface area is 184 Å². The van der Waals surface area contributed by atoms with E-state index in [0.717, 1.165) is 6.07 Å². The van der Waals surface area contributed by atoms with Crippen LogP contribution in [-0.4, -0.2) is 32.8 Å². The number of carbonyl (C=O) groups excluding carboxylic acids is 2. The molecule has 9 heteroatoms. The van der Waals surface area contributed by atoms with Crippen molar-refractivity contribution in [2.45, 2.75) is 19.9 Å². The van der Waals surface area contributed by atoms with Crippen LogP contribution >= 0.6 is 11.6 Å². The molecule has 2 aromatic rings. The number of ether oxygens (including phenoxy) is 3. The fourth-order valence-corrected chi connectivity index (χ4v) is 3.61. The summed E-state index contributed by atoms with van der Waals surface area (Å²) in [6.45, 7) is 3.47. The highest BCUT2D eigenvalue weighted by Crippen LogP contribution is 2.38. The summed E-state index contributed by atoms with van der Waals surface area (Å²) in [7, 11) is 3.01. The van der Waals surface area contributed by atoms with Gasteiger partial charge in [0.1, 0.15) is 5.82 Å². The molecule has 164 valence electrons. The van der Waals surface area contributed by atoms with Crippen molar-refractivity contribution in [3.05, 3.63) is 64.1 Å². The molecule has 1 heterocycles. The molecule has 31 heavy (non-hydrogen) atoms. The summed E-state index contributed by atoms with van der Waals surface area (Å²) in [5, 5.41) is 2.68. The van der Waals surface area contributed by atoms with Gasteiger partial charge in [0.2, 0.25) is 0 Å². The lowest BCUT2D eigenvalue weighted by molar-refractivity contribution is -0.139. The number of nitrogens with one attached hydrogen (secondary N) is 1. The molecule has 1 atom stereocenters. The molecule has 1 N–H and O–H groups in total. The normalized spacial score (nSPS) is 16.1. The van der Waals surface area contributed by atoms with Crippen LogP contribution in [0, 0.1) is 5.82 Å². The first-order valence-corrected chi connectivity index (χ1v) is 9.85. The lowest BCUT2D eigenvalue weighted by atomic mass is 9.94. The third kappa shape index (κ3) is 4.29. The summed E-state index contributed by atoms with van der Waals surface area (Å²) in [5.74, 6) is -0.242. The first-order valence-electron chi connectivity index (χ1n) is 9.47. The zero-order valence-electron chi connectivity index (χ0n) is 17.5. The number of esters is 1. The van der Waals surface area contributed by atoms with Gasteiger partial charge in [-0.1, -0.05) is 17.7 Å². The number of amides is 2. The van der Waals surface area contributed by atoms with Crippen molar-refractivity contribution in [2.75, 3.05) is 25.7 Å². The second-order valence-corrected chi connectivity index (χ2v) is 7.06. The van der Waals surface area contributed by atoms with Gasteiger partial charge in [0.15, 0.2) is 11.5 Å². The minimum Gasteiger partial charge on any atom is -0.493 e. The van der Waals surface area contributed by atoms with Crippen LogP contribution in [0.4, 0.5) is 14.9 Å². The van der Waals surface area contributed by atoms with E-state index < -0.39 is 23.9 Å². The summed E-state index contributed by atoms with van der Waals surface area (Å²) in [5.41, 5.74) is 1.48. The Morgan fingerprint density at radius 3 is 2.48 bits per heavy atom. The molecular weight excluding hydrogens is 427 g/mol. The maximum Gasteiger partial charge on any atom is 0.338 e. The van der Waals surface area contributed by atoms with E-state index in [9.17, 15) is 14.0 Å². The number of methoxy groups -OCH3 is 2. The Morgan fingerprint density at radius 2 is 1.87 bits per heavy atom. The third-order valence-corrected chi connectivity index (χ3v) is 5.17. The van der Waals surface area contributed by atoms with E-state index in [-0.39, 0.29) is 17.2 Å². The van der Waals surface area contributed by atoms with Gasteiger partial charge in [-0.2, -0.15) is 0 Å². The van der Waals surface area contributed by atoms with Crippen molar-refractivity contribution in [3.63, 3.8) is 0 Å². The number of anilines is 1. The minimum atomic E-state index is -0.793. The molecule has 3 rings (SSSR count). The van der Waals surface area contributed by atoms with Crippen LogP contribution in [0.2, 0.25) is 5.02 Å². The van der Waals surface area contributed by atoms with Crippen molar-refractivity contribution in [1.29, 1.82) is 0 Å². The van der Waals surface area contributed by atoms with E-state index in [1.54, 1.807) is 32.0 Å². The number of urea groups is 1. The maximum atomic E-state index is 13.6. The lowest BCUT2D eigenvalue weighted by Gasteiger charge is -2.35. The van der Waals surface area contributed by atoms with Gasteiger partial charge in [0, 0.05) is 5.70 Å². The standard InChI is InChI=1S/C22H22ClFN2O5/c1-5-31-21(27)19-12(2)26(14-7-8-16(24)15(23)11-14)22(28)25-20(19)13-6-9-17(29-3)18(10-13)30-4/h6-11,20H,5H2,1-4H3,(H,25,28). The predicted octanol–water partition coefficient (Wildman–Crippen LogP) is 4.60. The molecule has 1 aliphatic rings. The van der Waals surface area contributed by atoms with Gasteiger partial charge in [-0.25, -0.2) is 14.0 Å². The Hall–Kier alpha value is -3.26. The van der Waals surface area contributed by atoms with Gasteiger partial charge in [0.25, 0.3) is 0 Å². The zero-order chi connectivity index (χ0) is 22.7. The fourth-order valence-electron chi connectivity index (χ4n) is 3.43. The van der Waals surface area contributed by atoms with Gasteiger partial charge in [0.05, 0.1) is 43.2 Å². The first kappa shape index (κ1) is 22.4. The molecular formula is C22H22ClFN2O5. The van der Waals surface area contributed by atoms with Crippen LogP contribution < -0.4 is 19.7 Å². The average Bonchev–Trinajstić information content (AvgIpc) is 2.75. The van der Waals surface area contributed by atoms with Crippen LogP contribution in [-0.2, 0) is 9.53 Å². The number of nitrogens with zero attached hydrogens (tertiary/aromatic N) is 1. The Bertz CT molecular complexity index is 1060. The van der Waals surface area contributed by atoms with Gasteiger partial charge < -0.3 is 19.5 Å². The largest absolute Gasteiger partial charge is 0.493 e. The molecule has 0 spiro atoms. The first-order chi connectivity index (χ1) is 14.8. The van der Waals surface area contributed by atoms with E-state index in [4.69, 9.17) is 25.8 Å². The van der Waals surface area contributed by atoms with Gasteiger partial charge in [-0.15, -0.1) is 0 Å². The van der Waals surface area contributed by atoms with Crippen molar-refractivity contribution < 1.29 is 28.2 Å². The number of halogens is 2. The molecule has 1 unspecified atom stereocenters. The van der Waals surface area contributed by atoms with Crippen LogP contribution in [0.3, 0.4) is 0 Å². The summed E-state index contributed by atoms with van der Waals surface area (Å²) in [4.78, 5) is 27.2. The summed E-state index contributed by atoms with van der Waals surface area (Å²) in [6.07, 6.45) is 0. The summed E-state index contributed by atoms with van der Waals surface area (Å²) < 4.78 is 29.5. The molecule has 0 radical (unpaired) electrons. The number of hydrogen-bond donors (Lipinski definition) is 1. The fraction of sp³-hybridized carbons (Fsp3) is 0.273. The SMILES string of the molecule is CCOC(=O)C1=C(C)N(c2ccc(F)c(Cl)c2)C(=O)NC1c1ccc(OC)c(OC)c1. The summed E-state index contributed by atoms with van der Waals surface area (Å²) >= 11 is 5.90. The zero-order valence-corrected chi connectivity index (χ0v) is 18.2. The molecule has 0 fully saturated rings. The molecule has 0 saturated carbocycles. The Morgan fingerprint density at radius 1 is 1.16 bits per heavy atom. The monoisotopic (exact) mass is 448 g/mol. The van der Waals surface area contributed by atoms with E-state index in [0.29, 0.717) is 28.4 Å². The number of allylic oxidation sites excluding steroid dienone is 1. The number of hydrogen-bond acceptors (Lipinski definition) is 5. The lowest BCUT2D eigenvalue weighted by Crippen LogP contribution is -2.48. The highest BCUT2D eigenvalue weighted by molar-refractivity contribution is 6.31. The van der Waals surface area contributed by atoms with Crippen molar-refractivity contribution in [3.8, 4) is 11.5 Å². The molecule has 0 bridgehead atoms.